The molecule has 3 aliphatic rings. The quantitative estimate of drug-likeness (QED) is 0.590. The standard InChI is InChI=1S/C6H7NO2.C4H6.H3N/c8-6(9)5-3-1-2-4-7-5;1-3-2-4(1)3;/h1-3,7H,4H2,(H,8,9);3-4H,1-2H2;1H3. The molecule has 0 spiro atoms. The molecule has 3 rings (SSSR count). The second-order valence-corrected chi connectivity index (χ2v) is 3.69. The number of rotatable bonds is 1. The van der Waals surface area contributed by atoms with E-state index in [9.17, 15) is 4.79 Å². The van der Waals surface area contributed by atoms with Crippen LogP contribution in [0.5, 0.6) is 0 Å². The monoisotopic (exact) mass is 196 g/mol. The Bertz CT molecular complexity index is 272. The number of aliphatic carboxylic acids is 1. The first-order chi connectivity index (χ1) is 6.27. The highest BCUT2D eigenvalue weighted by Crippen LogP contribution is 2.62. The maximum absolute atomic E-state index is 10.2. The second-order valence-electron chi connectivity index (χ2n) is 3.69. The maximum Gasteiger partial charge on any atom is 0.351 e. The lowest BCUT2D eigenvalue weighted by Gasteiger charge is -2.05. The van der Waals surface area contributed by atoms with E-state index in [1.54, 1.807) is 18.9 Å². The van der Waals surface area contributed by atoms with Crippen molar-refractivity contribution in [1.82, 2.24) is 11.5 Å². The minimum absolute atomic E-state index is 0. The van der Waals surface area contributed by atoms with E-state index in [2.05, 4.69) is 5.32 Å². The summed E-state index contributed by atoms with van der Waals surface area (Å²) in [6, 6.07) is 0. The van der Waals surface area contributed by atoms with Gasteiger partial charge < -0.3 is 16.6 Å². The van der Waals surface area contributed by atoms with E-state index in [0.717, 1.165) is 0 Å². The Labute approximate surface area is 83.3 Å². The molecular formula is C10H16N2O2. The van der Waals surface area contributed by atoms with Crippen molar-refractivity contribution < 1.29 is 9.90 Å². The minimum atomic E-state index is -0.903. The van der Waals surface area contributed by atoms with Crippen molar-refractivity contribution in [3.05, 3.63) is 23.9 Å². The molecule has 0 aromatic heterocycles. The third kappa shape index (κ3) is 2.88. The first-order valence-corrected chi connectivity index (χ1v) is 4.61. The fourth-order valence-electron chi connectivity index (χ4n) is 1.16. The number of carboxylic acid groups (broad SMARTS) is 1. The fourth-order valence-corrected chi connectivity index (χ4v) is 1.16. The van der Waals surface area contributed by atoms with Gasteiger partial charge in [0.2, 0.25) is 0 Å². The molecular weight excluding hydrogens is 180 g/mol. The molecule has 4 nitrogen and oxygen atoms in total. The van der Waals surface area contributed by atoms with Crippen LogP contribution in [-0.4, -0.2) is 17.6 Å². The summed E-state index contributed by atoms with van der Waals surface area (Å²) < 4.78 is 0. The number of fused-ring (bicyclic) bond motifs is 1. The van der Waals surface area contributed by atoms with Crippen molar-refractivity contribution in [2.75, 3.05) is 6.54 Å². The average molecular weight is 196 g/mol. The molecule has 0 amide bonds. The highest BCUT2D eigenvalue weighted by atomic mass is 16.4. The van der Waals surface area contributed by atoms with Gasteiger partial charge in [0.15, 0.2) is 0 Å². The predicted octanol–water partition coefficient (Wildman–Crippen LogP) is 1.30. The van der Waals surface area contributed by atoms with Gasteiger partial charge in [0.25, 0.3) is 0 Å². The minimum Gasteiger partial charge on any atom is -0.477 e. The van der Waals surface area contributed by atoms with Gasteiger partial charge in [-0.05, 0) is 30.8 Å². The van der Waals surface area contributed by atoms with Gasteiger partial charge in [-0.2, -0.15) is 0 Å². The third-order valence-electron chi connectivity index (χ3n) is 2.51. The van der Waals surface area contributed by atoms with Gasteiger partial charge in [-0.1, -0.05) is 12.2 Å². The number of carbonyl (C=O) groups is 1. The van der Waals surface area contributed by atoms with Crippen LogP contribution in [0.15, 0.2) is 23.9 Å². The fraction of sp³-hybridized carbons (Fsp3) is 0.500. The van der Waals surface area contributed by atoms with E-state index in [1.807, 2.05) is 6.08 Å². The lowest BCUT2D eigenvalue weighted by Crippen LogP contribution is -2.21. The summed E-state index contributed by atoms with van der Waals surface area (Å²) in [5, 5.41) is 11.1. The molecule has 4 heteroatoms. The van der Waals surface area contributed by atoms with Crippen LogP contribution in [0.2, 0.25) is 0 Å². The lowest BCUT2D eigenvalue weighted by atomic mass is 10.3. The third-order valence-corrected chi connectivity index (χ3v) is 2.51. The highest BCUT2D eigenvalue weighted by Gasteiger charge is 2.52. The summed E-state index contributed by atoms with van der Waals surface area (Å²) in [5.74, 6) is 1.60. The SMILES string of the molecule is C1C2CC12.N.O=C(O)C1=CC=CCN1. The summed E-state index contributed by atoms with van der Waals surface area (Å²) >= 11 is 0. The van der Waals surface area contributed by atoms with Gasteiger partial charge in [0, 0.05) is 6.54 Å². The summed E-state index contributed by atoms with van der Waals surface area (Å²) in [6.07, 6.45) is 8.28. The largest absolute Gasteiger partial charge is 0.477 e. The summed E-state index contributed by atoms with van der Waals surface area (Å²) in [4.78, 5) is 10.2. The van der Waals surface area contributed by atoms with Crippen LogP contribution in [0.25, 0.3) is 0 Å². The van der Waals surface area contributed by atoms with E-state index in [0.29, 0.717) is 6.54 Å². The smallest absolute Gasteiger partial charge is 0.351 e. The summed E-state index contributed by atoms with van der Waals surface area (Å²) in [5.41, 5.74) is 0.262. The van der Waals surface area contributed by atoms with Gasteiger partial charge in [-0.25, -0.2) is 4.79 Å². The molecule has 2 aliphatic carbocycles. The van der Waals surface area contributed by atoms with Crippen molar-refractivity contribution in [1.29, 1.82) is 0 Å². The zero-order valence-corrected chi connectivity index (χ0v) is 8.07. The van der Waals surface area contributed by atoms with Crippen molar-refractivity contribution >= 4 is 5.97 Å². The van der Waals surface area contributed by atoms with Crippen LogP contribution in [0.4, 0.5) is 0 Å². The molecule has 0 atom stereocenters. The number of hydrogen-bond acceptors (Lipinski definition) is 3. The first-order valence-electron chi connectivity index (χ1n) is 4.61. The van der Waals surface area contributed by atoms with Crippen molar-refractivity contribution in [3.8, 4) is 0 Å². The predicted molar refractivity (Wildman–Crippen MR) is 54.1 cm³/mol. The molecule has 1 heterocycles. The number of dihydropyridines is 1. The Morgan fingerprint density at radius 3 is 2.21 bits per heavy atom. The van der Waals surface area contributed by atoms with Gasteiger partial charge in [-0.15, -0.1) is 0 Å². The molecule has 78 valence electrons. The van der Waals surface area contributed by atoms with Crippen LogP contribution in [-0.2, 0) is 4.79 Å². The molecule has 0 bridgehead atoms. The highest BCUT2D eigenvalue weighted by molar-refractivity contribution is 5.86. The number of nitrogens with one attached hydrogen (secondary N) is 1. The van der Waals surface area contributed by atoms with E-state index in [4.69, 9.17) is 5.11 Å². The molecule has 0 saturated heterocycles. The molecule has 2 fully saturated rings. The molecule has 0 aromatic carbocycles. The van der Waals surface area contributed by atoms with Crippen LogP contribution in [0.1, 0.15) is 12.8 Å². The molecule has 1 aliphatic heterocycles. The Hall–Kier alpha value is -1.29. The van der Waals surface area contributed by atoms with Crippen molar-refractivity contribution in [2.45, 2.75) is 12.8 Å². The van der Waals surface area contributed by atoms with Gasteiger partial charge in [0.1, 0.15) is 5.70 Å². The van der Waals surface area contributed by atoms with E-state index in [-0.39, 0.29) is 11.8 Å². The Kier molecular flexibility index (Phi) is 3.30. The number of allylic oxidation sites excluding steroid dienone is 2. The van der Waals surface area contributed by atoms with E-state index in [1.165, 1.54) is 17.9 Å². The molecule has 14 heavy (non-hydrogen) atoms. The first kappa shape index (κ1) is 10.8. The zero-order valence-electron chi connectivity index (χ0n) is 8.07. The van der Waals surface area contributed by atoms with Crippen LogP contribution >= 0.6 is 0 Å². The molecule has 5 N–H and O–H groups in total. The van der Waals surface area contributed by atoms with Gasteiger partial charge in [-0.3, -0.25) is 0 Å². The lowest BCUT2D eigenvalue weighted by molar-refractivity contribution is -0.133. The molecule has 2 saturated carbocycles. The number of carboxylic acids is 1. The van der Waals surface area contributed by atoms with Gasteiger partial charge in [0.05, 0.1) is 0 Å². The topological polar surface area (TPSA) is 84.3 Å². The normalized spacial score (nSPS) is 29.3. The molecule has 0 radical (unpaired) electrons. The van der Waals surface area contributed by atoms with Crippen LogP contribution in [0.3, 0.4) is 0 Å². The summed E-state index contributed by atoms with van der Waals surface area (Å²) in [6.45, 7) is 0.609. The van der Waals surface area contributed by atoms with E-state index < -0.39 is 5.97 Å². The average Bonchev–Trinajstić information content (AvgIpc) is 2.94. The van der Waals surface area contributed by atoms with Crippen LogP contribution < -0.4 is 11.5 Å². The van der Waals surface area contributed by atoms with Crippen LogP contribution in [0, 0.1) is 11.8 Å². The number of hydrogen-bond donors (Lipinski definition) is 3. The Morgan fingerprint density at radius 1 is 1.43 bits per heavy atom. The molecule has 0 aromatic rings. The Balaban J connectivity index is 0.000000161. The van der Waals surface area contributed by atoms with Gasteiger partial charge >= 0.3 is 5.97 Å². The summed E-state index contributed by atoms with van der Waals surface area (Å²) in [7, 11) is 0. The Morgan fingerprint density at radius 2 is 2.00 bits per heavy atom. The zero-order chi connectivity index (χ0) is 9.26. The second kappa shape index (κ2) is 4.28. The van der Waals surface area contributed by atoms with Crippen molar-refractivity contribution in [2.24, 2.45) is 11.8 Å². The van der Waals surface area contributed by atoms with E-state index >= 15 is 0 Å². The molecule has 0 unspecified atom stereocenters. The van der Waals surface area contributed by atoms with Crippen molar-refractivity contribution in [3.63, 3.8) is 0 Å². The maximum atomic E-state index is 10.2.